The highest BCUT2D eigenvalue weighted by Gasteiger charge is 2.01. The van der Waals surface area contributed by atoms with Crippen LogP contribution in [-0.4, -0.2) is 28.8 Å². The van der Waals surface area contributed by atoms with Gasteiger partial charge in [-0.1, -0.05) is 0 Å². The quantitative estimate of drug-likeness (QED) is 0.334. The fourth-order valence-corrected chi connectivity index (χ4v) is 3.60. The normalized spacial score (nSPS) is 11.1. The molecule has 0 radical (unpaired) electrons. The van der Waals surface area contributed by atoms with E-state index in [1.165, 1.54) is 7.76 Å². The minimum atomic E-state index is 0. The Bertz CT molecular complexity index is 594. The Balaban J connectivity index is 0.00000242. The van der Waals surface area contributed by atoms with E-state index in [4.69, 9.17) is 0 Å². The summed E-state index contributed by atoms with van der Waals surface area (Å²) in [6.07, 6.45) is 2.81. The van der Waals surface area contributed by atoms with E-state index in [1.54, 1.807) is 6.20 Å². The van der Waals surface area contributed by atoms with Gasteiger partial charge in [0.25, 0.3) is 0 Å². The van der Waals surface area contributed by atoms with Crippen molar-refractivity contribution in [2.75, 3.05) is 13.1 Å². The lowest BCUT2D eigenvalue weighted by molar-refractivity contribution is 0.707. The third kappa shape index (κ3) is 6.41. The lowest BCUT2D eigenvalue weighted by Gasteiger charge is -2.10. The van der Waals surface area contributed by atoms with Gasteiger partial charge in [-0.2, -0.15) is 5.10 Å². The standard InChI is InChI=1S/C14H20IN5S.HI/c1-3-16-14(18-10-11-6-9-19-20(11)2)17-8-7-12-4-5-13(15)21-12;/h4-6,9H,3,7-8,10H2,1-2H3,(H2,16,17,18);1H. The molecule has 0 aliphatic heterocycles. The number of hydrogen-bond acceptors (Lipinski definition) is 3. The summed E-state index contributed by atoms with van der Waals surface area (Å²) < 4.78 is 3.18. The Labute approximate surface area is 166 Å². The summed E-state index contributed by atoms with van der Waals surface area (Å²) in [5.41, 5.74) is 1.10. The number of aliphatic imine (C=N–C) groups is 1. The van der Waals surface area contributed by atoms with Gasteiger partial charge in [-0.25, -0.2) is 4.99 Å². The van der Waals surface area contributed by atoms with Crippen molar-refractivity contribution < 1.29 is 0 Å². The number of aryl methyl sites for hydroxylation is 1. The lowest BCUT2D eigenvalue weighted by atomic mass is 10.3. The van der Waals surface area contributed by atoms with Crippen LogP contribution in [0.4, 0.5) is 0 Å². The Morgan fingerprint density at radius 3 is 2.77 bits per heavy atom. The fraction of sp³-hybridized carbons (Fsp3) is 0.429. The minimum absolute atomic E-state index is 0. The van der Waals surface area contributed by atoms with E-state index in [1.807, 2.05) is 29.1 Å². The second-order valence-electron chi connectivity index (χ2n) is 4.52. The van der Waals surface area contributed by atoms with E-state index >= 15 is 0 Å². The van der Waals surface area contributed by atoms with Crippen molar-refractivity contribution in [3.8, 4) is 0 Å². The van der Waals surface area contributed by atoms with Crippen LogP contribution in [-0.2, 0) is 20.0 Å². The van der Waals surface area contributed by atoms with E-state index in [0.29, 0.717) is 6.54 Å². The summed E-state index contributed by atoms with van der Waals surface area (Å²) in [6, 6.07) is 6.33. The van der Waals surface area contributed by atoms with E-state index in [-0.39, 0.29) is 24.0 Å². The van der Waals surface area contributed by atoms with Gasteiger partial charge in [0.1, 0.15) is 0 Å². The molecular weight excluding hydrogens is 524 g/mol. The highest BCUT2D eigenvalue weighted by atomic mass is 127. The predicted molar refractivity (Wildman–Crippen MR) is 112 cm³/mol. The molecule has 2 N–H and O–H groups in total. The highest BCUT2D eigenvalue weighted by Crippen LogP contribution is 2.18. The maximum atomic E-state index is 4.59. The topological polar surface area (TPSA) is 54.2 Å². The van der Waals surface area contributed by atoms with Crippen LogP contribution in [0.3, 0.4) is 0 Å². The molecule has 0 fully saturated rings. The number of rotatable bonds is 6. The number of nitrogens with one attached hydrogen (secondary N) is 2. The lowest BCUT2D eigenvalue weighted by Crippen LogP contribution is -2.38. The van der Waals surface area contributed by atoms with E-state index in [2.05, 4.69) is 62.4 Å². The van der Waals surface area contributed by atoms with Gasteiger partial charge in [-0.3, -0.25) is 4.68 Å². The number of nitrogens with zero attached hydrogens (tertiary/aromatic N) is 3. The molecule has 22 heavy (non-hydrogen) atoms. The molecule has 0 bridgehead atoms. The van der Waals surface area contributed by atoms with Crippen LogP contribution in [0.2, 0.25) is 0 Å². The van der Waals surface area contributed by atoms with Gasteiger partial charge in [-0.15, -0.1) is 35.3 Å². The summed E-state index contributed by atoms with van der Waals surface area (Å²) in [7, 11) is 1.93. The third-order valence-corrected chi connectivity index (χ3v) is 4.91. The van der Waals surface area contributed by atoms with E-state index < -0.39 is 0 Å². The summed E-state index contributed by atoms with van der Waals surface area (Å²) in [6.45, 7) is 4.44. The number of aromatic nitrogens is 2. The van der Waals surface area contributed by atoms with Crippen molar-refractivity contribution >= 4 is 63.9 Å². The molecule has 2 heterocycles. The number of halogens is 2. The average molecular weight is 545 g/mol. The van der Waals surface area contributed by atoms with Crippen molar-refractivity contribution in [2.45, 2.75) is 19.9 Å². The van der Waals surface area contributed by atoms with Crippen LogP contribution in [0.25, 0.3) is 0 Å². The largest absolute Gasteiger partial charge is 0.357 e. The van der Waals surface area contributed by atoms with Crippen LogP contribution in [0, 0.1) is 2.88 Å². The van der Waals surface area contributed by atoms with Gasteiger partial charge < -0.3 is 10.6 Å². The molecule has 2 aromatic rings. The second-order valence-corrected chi connectivity index (χ2v) is 7.59. The molecule has 0 atom stereocenters. The van der Waals surface area contributed by atoms with Gasteiger partial charge >= 0.3 is 0 Å². The first kappa shape index (κ1) is 19.7. The van der Waals surface area contributed by atoms with Gasteiger partial charge in [0.15, 0.2) is 5.96 Å². The van der Waals surface area contributed by atoms with Crippen molar-refractivity contribution in [2.24, 2.45) is 12.0 Å². The average Bonchev–Trinajstić information content (AvgIpc) is 3.05. The van der Waals surface area contributed by atoms with Gasteiger partial charge in [0.2, 0.25) is 0 Å². The molecule has 0 unspecified atom stereocenters. The SMILES string of the molecule is CCNC(=NCc1ccnn1C)NCCc1ccc(I)s1.I. The van der Waals surface area contributed by atoms with Crippen molar-refractivity contribution in [3.63, 3.8) is 0 Å². The van der Waals surface area contributed by atoms with E-state index in [9.17, 15) is 0 Å². The maximum absolute atomic E-state index is 4.59. The Kier molecular flexibility index (Phi) is 9.33. The molecule has 5 nitrogen and oxygen atoms in total. The number of thiophene rings is 1. The fourth-order valence-electron chi connectivity index (χ4n) is 1.85. The van der Waals surface area contributed by atoms with Gasteiger partial charge in [0.05, 0.1) is 15.1 Å². The highest BCUT2D eigenvalue weighted by molar-refractivity contribution is 14.1. The summed E-state index contributed by atoms with van der Waals surface area (Å²) in [4.78, 5) is 5.99. The smallest absolute Gasteiger partial charge is 0.191 e. The summed E-state index contributed by atoms with van der Waals surface area (Å²) in [5, 5.41) is 10.8. The summed E-state index contributed by atoms with van der Waals surface area (Å²) in [5.74, 6) is 0.852. The monoisotopic (exact) mass is 545 g/mol. The molecule has 0 aliphatic carbocycles. The van der Waals surface area contributed by atoms with Crippen LogP contribution < -0.4 is 10.6 Å². The van der Waals surface area contributed by atoms with Crippen molar-refractivity contribution in [3.05, 3.63) is 37.9 Å². The summed E-state index contributed by atoms with van der Waals surface area (Å²) >= 11 is 4.20. The first-order chi connectivity index (χ1) is 10.2. The first-order valence-corrected chi connectivity index (χ1v) is 8.82. The number of hydrogen-bond donors (Lipinski definition) is 2. The number of guanidine groups is 1. The molecule has 0 amide bonds. The Morgan fingerprint density at radius 1 is 1.36 bits per heavy atom. The zero-order valence-corrected chi connectivity index (χ0v) is 18.0. The molecular formula is C14H21I2N5S. The minimum Gasteiger partial charge on any atom is -0.357 e. The molecule has 2 aromatic heterocycles. The van der Waals surface area contributed by atoms with Crippen LogP contribution >= 0.6 is 57.9 Å². The van der Waals surface area contributed by atoms with Crippen LogP contribution in [0.15, 0.2) is 29.4 Å². The Morgan fingerprint density at radius 2 is 2.18 bits per heavy atom. The van der Waals surface area contributed by atoms with E-state index in [0.717, 1.165) is 31.2 Å². The Hall–Kier alpha value is -0.360. The van der Waals surface area contributed by atoms with Crippen molar-refractivity contribution in [1.82, 2.24) is 20.4 Å². The molecule has 8 heteroatoms. The van der Waals surface area contributed by atoms with Gasteiger partial charge in [0, 0.05) is 31.2 Å². The first-order valence-electron chi connectivity index (χ1n) is 6.92. The second kappa shape index (κ2) is 10.4. The molecule has 122 valence electrons. The zero-order valence-electron chi connectivity index (χ0n) is 12.7. The molecule has 0 aromatic carbocycles. The van der Waals surface area contributed by atoms with Gasteiger partial charge in [-0.05, 0) is 54.1 Å². The zero-order chi connectivity index (χ0) is 15.1. The maximum Gasteiger partial charge on any atom is 0.191 e. The molecule has 0 saturated heterocycles. The molecule has 0 aliphatic rings. The molecule has 0 saturated carbocycles. The third-order valence-electron chi connectivity index (χ3n) is 2.96. The van der Waals surface area contributed by atoms with Crippen molar-refractivity contribution in [1.29, 1.82) is 0 Å². The molecule has 2 rings (SSSR count). The van der Waals surface area contributed by atoms with Crippen LogP contribution in [0.5, 0.6) is 0 Å². The predicted octanol–water partition coefficient (Wildman–Crippen LogP) is 3.00. The van der Waals surface area contributed by atoms with Crippen LogP contribution in [0.1, 0.15) is 17.5 Å². The molecule has 0 spiro atoms.